The molecule has 0 aliphatic carbocycles. The van der Waals surface area contributed by atoms with Crippen LogP contribution in [0, 0.1) is 0 Å². The van der Waals surface area contributed by atoms with Gasteiger partial charge in [-0.2, -0.15) is 13.2 Å². The predicted molar refractivity (Wildman–Crippen MR) is 103 cm³/mol. The summed E-state index contributed by atoms with van der Waals surface area (Å²) in [5, 5.41) is 5.87. The molecule has 0 saturated carbocycles. The average molecular weight is 427 g/mol. The number of piperidine rings is 1. The van der Waals surface area contributed by atoms with Crippen LogP contribution in [0.1, 0.15) is 12.8 Å². The smallest absolute Gasteiger partial charge is 0.382 e. The van der Waals surface area contributed by atoms with Gasteiger partial charge in [-0.1, -0.05) is 24.3 Å². The SMILES string of the molecule is O=C(Nc1ccccc1)N1CCC(Nc2cccc(S(=O)(=O)C(F)(F)F)c2)CC1. The molecule has 1 fully saturated rings. The van der Waals surface area contributed by atoms with Crippen LogP contribution in [0.5, 0.6) is 0 Å². The molecule has 3 rings (SSSR count). The zero-order chi connectivity index (χ0) is 21.1. The normalized spacial score (nSPS) is 15.8. The number of likely N-dealkylation sites (tertiary alicyclic amines) is 1. The molecule has 0 radical (unpaired) electrons. The Bertz CT molecular complexity index is 957. The number of benzene rings is 2. The van der Waals surface area contributed by atoms with Crippen molar-refractivity contribution in [1.82, 2.24) is 4.90 Å². The molecule has 1 aliphatic rings. The standard InChI is InChI=1S/C19H20F3N3O3S/c20-19(21,22)29(27,28)17-8-4-7-16(13-17)23-15-9-11-25(12-10-15)18(26)24-14-5-2-1-3-6-14/h1-8,13,15,23H,9-12H2,(H,24,26). The summed E-state index contributed by atoms with van der Waals surface area (Å²) < 4.78 is 61.3. The number of hydrogen-bond donors (Lipinski definition) is 2. The number of para-hydroxylation sites is 1. The maximum absolute atomic E-state index is 12.7. The number of carbonyl (C=O) groups excluding carboxylic acids is 1. The molecule has 29 heavy (non-hydrogen) atoms. The van der Waals surface area contributed by atoms with Crippen LogP contribution in [0.2, 0.25) is 0 Å². The number of hydrogen-bond acceptors (Lipinski definition) is 4. The minimum absolute atomic E-state index is 0.0837. The van der Waals surface area contributed by atoms with Gasteiger partial charge in [0, 0.05) is 30.5 Å². The van der Waals surface area contributed by atoms with Gasteiger partial charge in [0.2, 0.25) is 0 Å². The average Bonchev–Trinajstić information content (AvgIpc) is 2.68. The molecule has 1 heterocycles. The Labute approximate surface area is 166 Å². The summed E-state index contributed by atoms with van der Waals surface area (Å²) in [6.45, 7) is 0.938. The van der Waals surface area contributed by atoms with Crippen LogP contribution in [0.15, 0.2) is 59.5 Å². The quantitative estimate of drug-likeness (QED) is 0.771. The first-order chi connectivity index (χ1) is 13.7. The van der Waals surface area contributed by atoms with Gasteiger partial charge in [-0.05, 0) is 43.2 Å². The number of nitrogens with one attached hydrogen (secondary N) is 2. The van der Waals surface area contributed by atoms with Crippen LogP contribution in [-0.4, -0.2) is 44.0 Å². The third-order valence-corrected chi connectivity index (χ3v) is 6.11. The first-order valence-electron chi connectivity index (χ1n) is 8.96. The van der Waals surface area contributed by atoms with E-state index in [9.17, 15) is 26.4 Å². The molecule has 156 valence electrons. The zero-order valence-electron chi connectivity index (χ0n) is 15.3. The van der Waals surface area contributed by atoms with Crippen molar-refractivity contribution in [3.63, 3.8) is 0 Å². The highest BCUT2D eigenvalue weighted by atomic mass is 32.2. The molecule has 6 nitrogen and oxygen atoms in total. The fourth-order valence-corrected chi connectivity index (χ4v) is 3.88. The maximum Gasteiger partial charge on any atom is 0.501 e. The van der Waals surface area contributed by atoms with Gasteiger partial charge in [0.25, 0.3) is 9.84 Å². The Morgan fingerprint density at radius 2 is 1.59 bits per heavy atom. The number of alkyl halides is 3. The van der Waals surface area contributed by atoms with E-state index in [2.05, 4.69) is 10.6 Å². The Balaban J connectivity index is 1.57. The molecule has 1 aliphatic heterocycles. The molecular formula is C19H20F3N3O3S. The molecule has 0 bridgehead atoms. The highest BCUT2D eigenvalue weighted by molar-refractivity contribution is 7.92. The zero-order valence-corrected chi connectivity index (χ0v) is 16.1. The topological polar surface area (TPSA) is 78.5 Å². The van der Waals surface area contributed by atoms with E-state index in [4.69, 9.17) is 0 Å². The predicted octanol–water partition coefficient (Wildman–Crippen LogP) is 4.09. The van der Waals surface area contributed by atoms with Gasteiger partial charge in [-0.15, -0.1) is 0 Å². The molecule has 0 aromatic heterocycles. The number of urea groups is 1. The fourth-order valence-electron chi connectivity index (χ4n) is 3.07. The van der Waals surface area contributed by atoms with Crippen LogP contribution in [0.25, 0.3) is 0 Å². The van der Waals surface area contributed by atoms with Gasteiger partial charge in [0.05, 0.1) is 4.90 Å². The van der Waals surface area contributed by atoms with Gasteiger partial charge in [-0.25, -0.2) is 13.2 Å². The lowest BCUT2D eigenvalue weighted by Gasteiger charge is -2.33. The maximum atomic E-state index is 12.7. The Morgan fingerprint density at radius 1 is 0.966 bits per heavy atom. The van der Waals surface area contributed by atoms with Crippen LogP contribution >= 0.6 is 0 Å². The number of sulfone groups is 1. The number of nitrogens with zero attached hydrogens (tertiary/aromatic N) is 1. The first kappa shape index (κ1) is 21.0. The highest BCUT2D eigenvalue weighted by Gasteiger charge is 2.46. The van der Waals surface area contributed by atoms with Gasteiger partial charge in [-0.3, -0.25) is 0 Å². The molecule has 2 aromatic rings. The number of rotatable bonds is 4. The molecule has 0 spiro atoms. The Morgan fingerprint density at radius 3 is 2.21 bits per heavy atom. The monoisotopic (exact) mass is 427 g/mol. The number of anilines is 2. The molecule has 0 atom stereocenters. The summed E-state index contributed by atoms with van der Waals surface area (Å²) in [6, 6.07) is 13.4. The molecule has 2 aromatic carbocycles. The number of amides is 2. The summed E-state index contributed by atoms with van der Waals surface area (Å²) in [5.74, 6) is 0. The van der Waals surface area contributed by atoms with Crippen molar-refractivity contribution in [2.24, 2.45) is 0 Å². The molecule has 1 saturated heterocycles. The number of halogens is 3. The highest BCUT2D eigenvalue weighted by Crippen LogP contribution is 2.31. The van der Waals surface area contributed by atoms with E-state index < -0.39 is 20.2 Å². The van der Waals surface area contributed by atoms with E-state index in [-0.39, 0.29) is 12.1 Å². The summed E-state index contributed by atoms with van der Waals surface area (Å²) in [4.78, 5) is 13.2. The van der Waals surface area contributed by atoms with E-state index in [0.717, 1.165) is 12.1 Å². The van der Waals surface area contributed by atoms with Crippen molar-refractivity contribution in [2.75, 3.05) is 23.7 Å². The Kier molecular flexibility index (Phi) is 6.02. The second-order valence-electron chi connectivity index (χ2n) is 6.68. The minimum atomic E-state index is -5.39. The van der Waals surface area contributed by atoms with E-state index in [1.807, 2.05) is 18.2 Å². The molecule has 2 N–H and O–H groups in total. The Hall–Kier alpha value is -2.75. The van der Waals surface area contributed by atoms with Crippen LogP contribution in [-0.2, 0) is 9.84 Å². The van der Waals surface area contributed by atoms with Crippen molar-refractivity contribution < 1.29 is 26.4 Å². The van der Waals surface area contributed by atoms with E-state index in [1.165, 1.54) is 12.1 Å². The summed E-state index contributed by atoms with van der Waals surface area (Å²) >= 11 is 0. The van der Waals surface area contributed by atoms with Crippen LogP contribution in [0.3, 0.4) is 0 Å². The second kappa shape index (κ2) is 8.32. The third-order valence-electron chi connectivity index (χ3n) is 4.63. The minimum Gasteiger partial charge on any atom is -0.382 e. The second-order valence-corrected chi connectivity index (χ2v) is 8.62. The lowest BCUT2D eigenvalue weighted by atomic mass is 10.0. The summed E-state index contributed by atoms with van der Waals surface area (Å²) in [6.07, 6.45) is 1.16. The molecule has 2 amide bonds. The van der Waals surface area contributed by atoms with Crippen LogP contribution < -0.4 is 10.6 Å². The third kappa shape index (κ3) is 5.00. The fraction of sp³-hybridized carbons (Fsp3) is 0.316. The molecule has 10 heteroatoms. The van der Waals surface area contributed by atoms with Crippen LogP contribution in [0.4, 0.5) is 29.3 Å². The first-order valence-corrected chi connectivity index (χ1v) is 10.4. The van der Waals surface area contributed by atoms with Gasteiger partial charge in [0.1, 0.15) is 0 Å². The van der Waals surface area contributed by atoms with Crippen molar-refractivity contribution in [2.45, 2.75) is 29.3 Å². The van der Waals surface area contributed by atoms with Crippen molar-refractivity contribution >= 4 is 27.2 Å². The van der Waals surface area contributed by atoms with Crippen molar-refractivity contribution in [3.05, 3.63) is 54.6 Å². The van der Waals surface area contributed by atoms with E-state index in [1.54, 1.807) is 17.0 Å². The number of carbonyl (C=O) groups is 1. The van der Waals surface area contributed by atoms with Crippen molar-refractivity contribution in [1.29, 1.82) is 0 Å². The molecular weight excluding hydrogens is 407 g/mol. The van der Waals surface area contributed by atoms with Gasteiger partial charge >= 0.3 is 11.5 Å². The van der Waals surface area contributed by atoms with Gasteiger partial charge in [0.15, 0.2) is 0 Å². The lowest BCUT2D eigenvalue weighted by molar-refractivity contribution is -0.0436. The summed E-state index contributed by atoms with van der Waals surface area (Å²) in [7, 11) is -5.39. The van der Waals surface area contributed by atoms with Crippen molar-refractivity contribution in [3.8, 4) is 0 Å². The largest absolute Gasteiger partial charge is 0.501 e. The summed E-state index contributed by atoms with van der Waals surface area (Å²) in [5.41, 5.74) is -4.36. The van der Waals surface area contributed by atoms with E-state index >= 15 is 0 Å². The van der Waals surface area contributed by atoms with Gasteiger partial charge < -0.3 is 15.5 Å². The lowest BCUT2D eigenvalue weighted by Crippen LogP contribution is -2.44. The molecule has 0 unspecified atom stereocenters. The van der Waals surface area contributed by atoms with E-state index in [0.29, 0.717) is 37.3 Å².